The molecule has 3 N–H and O–H groups in total. The summed E-state index contributed by atoms with van der Waals surface area (Å²) in [5.41, 5.74) is 1.80. The second-order valence-corrected chi connectivity index (χ2v) is 8.49. The van der Waals surface area contributed by atoms with E-state index < -0.39 is 0 Å². The van der Waals surface area contributed by atoms with Crippen LogP contribution in [0.25, 0.3) is 0 Å². The number of urea groups is 2. The van der Waals surface area contributed by atoms with Crippen molar-refractivity contribution in [3.8, 4) is 5.75 Å². The summed E-state index contributed by atoms with van der Waals surface area (Å²) in [7, 11) is 0. The second-order valence-electron chi connectivity index (χ2n) is 8.49. The van der Waals surface area contributed by atoms with Gasteiger partial charge in [0.15, 0.2) is 0 Å². The lowest BCUT2D eigenvalue weighted by atomic mass is 9.96. The average Bonchev–Trinajstić information content (AvgIpc) is 2.75. The monoisotopic (exact) mass is 416 g/mol. The van der Waals surface area contributed by atoms with Crippen molar-refractivity contribution in [2.24, 2.45) is 0 Å². The molecule has 2 fully saturated rings. The molecule has 2 aliphatic rings. The minimum Gasteiger partial charge on any atom is -0.491 e. The highest BCUT2D eigenvalue weighted by Gasteiger charge is 2.25. The molecule has 3 rings (SSSR count). The summed E-state index contributed by atoms with van der Waals surface area (Å²) in [6.07, 6.45) is 8.27. The fraction of sp³-hybridized carbons (Fsp3) is 0.652. The number of hydrogen-bond donors (Lipinski definition) is 3. The number of piperidine rings is 1. The highest BCUT2D eigenvalue weighted by Crippen LogP contribution is 2.26. The van der Waals surface area contributed by atoms with Gasteiger partial charge in [-0.05, 0) is 56.7 Å². The first-order valence-electron chi connectivity index (χ1n) is 11.4. The van der Waals surface area contributed by atoms with Crippen LogP contribution in [-0.2, 0) is 0 Å². The topological polar surface area (TPSA) is 82.7 Å². The smallest absolute Gasteiger partial charge is 0.321 e. The van der Waals surface area contributed by atoms with Crippen LogP contribution in [0.1, 0.15) is 63.9 Å². The van der Waals surface area contributed by atoms with Gasteiger partial charge in [-0.2, -0.15) is 0 Å². The largest absolute Gasteiger partial charge is 0.491 e. The summed E-state index contributed by atoms with van der Waals surface area (Å²) in [5, 5.41) is 9.18. The van der Waals surface area contributed by atoms with Gasteiger partial charge in [0.1, 0.15) is 5.75 Å². The van der Waals surface area contributed by atoms with Crippen LogP contribution < -0.4 is 20.7 Å². The van der Waals surface area contributed by atoms with Crippen molar-refractivity contribution in [2.45, 2.75) is 77.3 Å². The molecular formula is C23H36N4O3. The summed E-state index contributed by atoms with van der Waals surface area (Å²) in [4.78, 5) is 26.8. The van der Waals surface area contributed by atoms with E-state index in [9.17, 15) is 9.59 Å². The van der Waals surface area contributed by atoms with Crippen molar-refractivity contribution in [3.63, 3.8) is 0 Å². The minimum absolute atomic E-state index is 0.0674. The van der Waals surface area contributed by atoms with Crippen LogP contribution in [-0.4, -0.2) is 48.7 Å². The molecule has 0 atom stereocenters. The molecule has 1 aliphatic carbocycles. The Balaban J connectivity index is 1.44. The van der Waals surface area contributed by atoms with E-state index in [-0.39, 0.29) is 18.1 Å². The van der Waals surface area contributed by atoms with Crippen molar-refractivity contribution in [3.05, 3.63) is 23.8 Å². The molecular weight excluding hydrogens is 380 g/mol. The number of aryl methyl sites for hydroxylation is 1. The van der Waals surface area contributed by atoms with Crippen LogP contribution >= 0.6 is 0 Å². The second kappa shape index (κ2) is 11.1. The molecule has 0 unspecified atom stereocenters. The maximum absolute atomic E-state index is 12.7. The molecule has 30 heavy (non-hydrogen) atoms. The molecule has 1 heterocycles. The molecule has 1 saturated heterocycles. The number of likely N-dealkylation sites (tertiary alicyclic amines) is 1. The highest BCUT2D eigenvalue weighted by atomic mass is 16.5. The number of rotatable bonds is 6. The number of carbonyl (C=O) groups excluding carboxylic acids is 2. The SMILES string of the molecule is CCCOc1cc(C)ccc1NC(=O)N1CCC(NC(=O)NC2CCCCC2)CC1. The molecule has 1 aromatic carbocycles. The highest BCUT2D eigenvalue weighted by molar-refractivity contribution is 5.91. The summed E-state index contributed by atoms with van der Waals surface area (Å²) in [6, 6.07) is 6.04. The van der Waals surface area contributed by atoms with Crippen LogP contribution in [0.3, 0.4) is 0 Å². The van der Waals surface area contributed by atoms with Gasteiger partial charge < -0.3 is 25.6 Å². The Morgan fingerprint density at radius 3 is 2.37 bits per heavy atom. The molecule has 4 amide bonds. The molecule has 0 aromatic heterocycles. The Morgan fingerprint density at radius 2 is 1.70 bits per heavy atom. The molecule has 166 valence electrons. The Kier molecular flexibility index (Phi) is 8.22. The third-order valence-corrected chi connectivity index (χ3v) is 5.90. The number of ether oxygens (including phenoxy) is 1. The van der Waals surface area contributed by atoms with E-state index in [1.807, 2.05) is 25.1 Å². The van der Waals surface area contributed by atoms with Crippen molar-refractivity contribution in [1.29, 1.82) is 0 Å². The van der Waals surface area contributed by atoms with Crippen LogP contribution in [0, 0.1) is 6.92 Å². The van der Waals surface area contributed by atoms with E-state index in [0.717, 1.165) is 37.7 Å². The molecule has 1 aliphatic heterocycles. The molecule has 0 bridgehead atoms. The predicted molar refractivity (Wildman–Crippen MR) is 119 cm³/mol. The Morgan fingerprint density at radius 1 is 1.03 bits per heavy atom. The van der Waals surface area contributed by atoms with Gasteiger partial charge in [-0.3, -0.25) is 0 Å². The first kappa shape index (κ1) is 22.2. The van der Waals surface area contributed by atoms with Crippen molar-refractivity contribution in [1.82, 2.24) is 15.5 Å². The molecule has 0 spiro atoms. The zero-order valence-electron chi connectivity index (χ0n) is 18.3. The van der Waals surface area contributed by atoms with E-state index in [4.69, 9.17) is 4.74 Å². The summed E-state index contributed by atoms with van der Waals surface area (Å²) < 4.78 is 5.79. The average molecular weight is 417 g/mol. The minimum atomic E-state index is -0.120. The summed E-state index contributed by atoms with van der Waals surface area (Å²) >= 11 is 0. The number of hydrogen-bond acceptors (Lipinski definition) is 3. The van der Waals surface area contributed by atoms with Crippen LogP contribution in [0.2, 0.25) is 0 Å². The van der Waals surface area contributed by atoms with E-state index >= 15 is 0 Å². The van der Waals surface area contributed by atoms with Gasteiger partial charge in [0.25, 0.3) is 0 Å². The lowest BCUT2D eigenvalue weighted by Crippen LogP contribution is -2.51. The number of amides is 4. The van der Waals surface area contributed by atoms with Gasteiger partial charge in [0.05, 0.1) is 12.3 Å². The summed E-state index contributed by atoms with van der Waals surface area (Å²) in [6.45, 7) is 5.93. The Bertz CT molecular complexity index is 710. The van der Waals surface area contributed by atoms with Gasteiger partial charge in [-0.15, -0.1) is 0 Å². The summed E-state index contributed by atoms with van der Waals surface area (Å²) in [5.74, 6) is 0.709. The van der Waals surface area contributed by atoms with Gasteiger partial charge in [0.2, 0.25) is 0 Å². The van der Waals surface area contributed by atoms with Gasteiger partial charge in [-0.25, -0.2) is 9.59 Å². The first-order chi connectivity index (χ1) is 14.5. The number of nitrogens with one attached hydrogen (secondary N) is 3. The number of benzene rings is 1. The maximum Gasteiger partial charge on any atom is 0.321 e. The lowest BCUT2D eigenvalue weighted by molar-refractivity contribution is 0.186. The van der Waals surface area contributed by atoms with E-state index in [1.54, 1.807) is 4.90 Å². The van der Waals surface area contributed by atoms with Crippen molar-refractivity contribution < 1.29 is 14.3 Å². The fourth-order valence-electron chi connectivity index (χ4n) is 4.14. The van der Waals surface area contributed by atoms with E-state index in [1.165, 1.54) is 19.3 Å². The standard InChI is InChI=1S/C23H36N4O3/c1-3-15-30-21-16-17(2)9-10-20(21)26-23(29)27-13-11-19(12-14-27)25-22(28)24-18-7-5-4-6-8-18/h9-10,16,18-19H,3-8,11-15H2,1-2H3,(H,26,29)(H2,24,25,28). The van der Waals surface area contributed by atoms with E-state index in [0.29, 0.717) is 37.2 Å². The number of anilines is 1. The molecule has 0 radical (unpaired) electrons. The normalized spacial score (nSPS) is 18.0. The first-order valence-corrected chi connectivity index (χ1v) is 11.4. The van der Waals surface area contributed by atoms with E-state index in [2.05, 4.69) is 22.9 Å². The molecule has 7 heteroatoms. The zero-order chi connectivity index (χ0) is 21.3. The maximum atomic E-state index is 12.7. The van der Waals surface area contributed by atoms with Gasteiger partial charge in [0, 0.05) is 25.2 Å². The number of nitrogens with zero attached hydrogens (tertiary/aromatic N) is 1. The molecule has 1 aromatic rings. The Hall–Kier alpha value is -2.44. The van der Waals surface area contributed by atoms with Crippen LogP contribution in [0.15, 0.2) is 18.2 Å². The number of carbonyl (C=O) groups is 2. The van der Waals surface area contributed by atoms with Gasteiger partial charge >= 0.3 is 12.1 Å². The zero-order valence-corrected chi connectivity index (χ0v) is 18.3. The lowest BCUT2D eigenvalue weighted by Gasteiger charge is -2.33. The molecule has 7 nitrogen and oxygen atoms in total. The fourth-order valence-corrected chi connectivity index (χ4v) is 4.14. The van der Waals surface area contributed by atoms with Crippen molar-refractivity contribution in [2.75, 3.05) is 25.0 Å². The van der Waals surface area contributed by atoms with Crippen LogP contribution in [0.4, 0.5) is 15.3 Å². The Labute approximate surface area is 179 Å². The third kappa shape index (κ3) is 6.54. The van der Waals surface area contributed by atoms with Crippen LogP contribution in [0.5, 0.6) is 5.75 Å². The quantitative estimate of drug-likeness (QED) is 0.642. The van der Waals surface area contributed by atoms with Gasteiger partial charge in [-0.1, -0.05) is 32.3 Å². The van der Waals surface area contributed by atoms with Crippen molar-refractivity contribution >= 4 is 17.7 Å². The molecule has 1 saturated carbocycles. The predicted octanol–water partition coefficient (Wildman–Crippen LogP) is 4.41. The third-order valence-electron chi connectivity index (χ3n) is 5.90.